The SMILES string of the molecule is C=C1c2ccccc2C(c2ccc(NC3CC3)nc2F)=NN1Cc1ccc(Cl)cc1. The van der Waals surface area contributed by atoms with Gasteiger partial charge in [-0.2, -0.15) is 9.49 Å². The molecule has 0 spiro atoms. The molecule has 0 radical (unpaired) electrons. The molecule has 0 atom stereocenters. The van der Waals surface area contributed by atoms with E-state index in [1.807, 2.05) is 54.6 Å². The van der Waals surface area contributed by atoms with Crippen molar-refractivity contribution in [3.8, 4) is 0 Å². The molecule has 1 aliphatic heterocycles. The van der Waals surface area contributed by atoms with Crippen LogP contribution >= 0.6 is 11.6 Å². The Morgan fingerprint density at radius 2 is 1.73 bits per heavy atom. The lowest BCUT2D eigenvalue weighted by atomic mass is 9.95. The van der Waals surface area contributed by atoms with Crippen LogP contribution in [0.1, 0.15) is 35.1 Å². The summed E-state index contributed by atoms with van der Waals surface area (Å²) in [7, 11) is 0. The number of nitrogens with one attached hydrogen (secondary N) is 1. The van der Waals surface area contributed by atoms with Crippen LogP contribution in [0.4, 0.5) is 10.2 Å². The number of benzene rings is 2. The van der Waals surface area contributed by atoms with Crippen LogP contribution < -0.4 is 5.32 Å². The van der Waals surface area contributed by atoms with Gasteiger partial charge in [-0.1, -0.05) is 54.6 Å². The molecule has 1 N–H and O–H groups in total. The van der Waals surface area contributed by atoms with Crippen molar-refractivity contribution in [2.45, 2.75) is 25.4 Å². The summed E-state index contributed by atoms with van der Waals surface area (Å²) in [5.41, 5.74) is 4.50. The van der Waals surface area contributed by atoms with E-state index in [-0.39, 0.29) is 0 Å². The van der Waals surface area contributed by atoms with Crippen molar-refractivity contribution >= 4 is 28.8 Å². The molecule has 6 heteroatoms. The van der Waals surface area contributed by atoms with E-state index >= 15 is 4.39 Å². The molecule has 150 valence electrons. The molecule has 0 saturated heterocycles. The molecule has 2 aliphatic rings. The molecule has 0 bridgehead atoms. The first-order valence-electron chi connectivity index (χ1n) is 9.91. The fourth-order valence-electron chi connectivity index (χ4n) is 3.54. The van der Waals surface area contributed by atoms with Crippen LogP contribution in [0.25, 0.3) is 5.70 Å². The standard InChI is InChI=1S/C24H20ClFN4/c1-15-19-4-2-3-5-20(19)23(29-30(15)14-16-6-8-17(25)9-7-16)21-12-13-22(28-24(21)26)27-18-10-11-18/h2-9,12-13,18H,1,10-11,14H2,(H,27,28). The third-order valence-corrected chi connectivity index (χ3v) is 5.56. The number of nitrogens with zero attached hydrogens (tertiary/aromatic N) is 3. The molecule has 2 heterocycles. The van der Waals surface area contributed by atoms with E-state index in [4.69, 9.17) is 16.7 Å². The van der Waals surface area contributed by atoms with Crippen LogP contribution in [0.5, 0.6) is 0 Å². The van der Waals surface area contributed by atoms with Crippen LogP contribution in [-0.4, -0.2) is 21.7 Å². The van der Waals surface area contributed by atoms with Gasteiger partial charge >= 0.3 is 0 Å². The first-order valence-corrected chi connectivity index (χ1v) is 10.3. The molecule has 5 rings (SSSR count). The predicted molar refractivity (Wildman–Crippen MR) is 119 cm³/mol. The first-order chi connectivity index (χ1) is 14.6. The van der Waals surface area contributed by atoms with E-state index in [2.05, 4.69) is 16.9 Å². The second-order valence-corrected chi connectivity index (χ2v) is 8.01. The number of hydrogen-bond acceptors (Lipinski definition) is 4. The van der Waals surface area contributed by atoms with E-state index in [1.165, 1.54) is 0 Å². The quantitative estimate of drug-likeness (QED) is 0.541. The molecule has 4 nitrogen and oxygen atoms in total. The van der Waals surface area contributed by atoms with E-state index < -0.39 is 5.95 Å². The lowest BCUT2D eigenvalue weighted by Crippen LogP contribution is -2.25. The molecule has 0 amide bonds. The second kappa shape index (κ2) is 7.58. The Balaban J connectivity index is 1.54. The largest absolute Gasteiger partial charge is 0.367 e. The minimum atomic E-state index is -0.534. The normalized spacial score (nSPS) is 15.6. The van der Waals surface area contributed by atoms with Crippen LogP contribution in [0, 0.1) is 5.95 Å². The molecular formula is C24H20ClFN4. The van der Waals surface area contributed by atoms with Crippen molar-refractivity contribution in [3.05, 3.63) is 100 Å². The zero-order valence-corrected chi connectivity index (χ0v) is 17.0. The smallest absolute Gasteiger partial charge is 0.224 e. The summed E-state index contributed by atoms with van der Waals surface area (Å²) in [5, 5.41) is 10.5. The summed E-state index contributed by atoms with van der Waals surface area (Å²) in [6.45, 7) is 4.73. The lowest BCUT2D eigenvalue weighted by Gasteiger charge is -2.29. The highest BCUT2D eigenvalue weighted by Crippen LogP contribution is 2.32. The topological polar surface area (TPSA) is 40.5 Å². The number of halogens is 2. The minimum absolute atomic E-state index is 0.373. The van der Waals surface area contributed by atoms with Gasteiger partial charge in [0.2, 0.25) is 5.95 Å². The van der Waals surface area contributed by atoms with Gasteiger partial charge in [0.1, 0.15) is 11.5 Å². The van der Waals surface area contributed by atoms with Gasteiger partial charge in [0.05, 0.1) is 17.8 Å². The number of rotatable bonds is 5. The Morgan fingerprint density at radius 1 is 1.00 bits per heavy atom. The molecule has 0 unspecified atom stereocenters. The van der Waals surface area contributed by atoms with Crippen molar-refractivity contribution in [3.63, 3.8) is 0 Å². The van der Waals surface area contributed by atoms with Gasteiger partial charge < -0.3 is 5.32 Å². The molecule has 3 aromatic rings. The van der Waals surface area contributed by atoms with Crippen LogP contribution in [-0.2, 0) is 6.54 Å². The minimum Gasteiger partial charge on any atom is -0.367 e. The van der Waals surface area contributed by atoms with Crippen molar-refractivity contribution in [2.75, 3.05) is 5.32 Å². The number of aromatic nitrogens is 1. The molecule has 1 aliphatic carbocycles. The monoisotopic (exact) mass is 418 g/mol. The Bertz CT molecular complexity index is 1150. The Kier molecular flexibility index (Phi) is 4.75. The van der Waals surface area contributed by atoms with Crippen molar-refractivity contribution in [1.82, 2.24) is 9.99 Å². The second-order valence-electron chi connectivity index (χ2n) is 7.58. The van der Waals surface area contributed by atoms with Gasteiger partial charge in [0.25, 0.3) is 0 Å². The van der Waals surface area contributed by atoms with Gasteiger partial charge in [-0.05, 0) is 42.7 Å². The summed E-state index contributed by atoms with van der Waals surface area (Å²) in [6.07, 6.45) is 2.21. The van der Waals surface area contributed by atoms with Gasteiger partial charge in [-0.25, -0.2) is 4.98 Å². The number of hydrazone groups is 1. The fraction of sp³-hybridized carbons (Fsp3) is 0.167. The highest BCUT2D eigenvalue weighted by Gasteiger charge is 2.26. The molecule has 2 aromatic carbocycles. The summed E-state index contributed by atoms with van der Waals surface area (Å²) in [5.74, 6) is 0.0269. The summed E-state index contributed by atoms with van der Waals surface area (Å²) < 4.78 is 15.0. The van der Waals surface area contributed by atoms with E-state index in [1.54, 1.807) is 11.1 Å². The Hall–Kier alpha value is -3.18. The van der Waals surface area contributed by atoms with E-state index in [9.17, 15) is 0 Å². The predicted octanol–water partition coefficient (Wildman–Crippen LogP) is 5.69. The number of pyridine rings is 1. The third kappa shape index (κ3) is 3.68. The number of anilines is 1. The van der Waals surface area contributed by atoms with Gasteiger partial charge in [-0.15, -0.1) is 0 Å². The zero-order valence-electron chi connectivity index (χ0n) is 16.3. The third-order valence-electron chi connectivity index (χ3n) is 5.30. The number of hydrogen-bond donors (Lipinski definition) is 1. The van der Waals surface area contributed by atoms with Crippen LogP contribution in [0.15, 0.2) is 72.3 Å². The Labute approximate surface area is 179 Å². The van der Waals surface area contributed by atoms with Gasteiger partial charge in [0.15, 0.2) is 0 Å². The Morgan fingerprint density at radius 3 is 2.43 bits per heavy atom. The van der Waals surface area contributed by atoms with Crippen LogP contribution in [0.3, 0.4) is 0 Å². The average molecular weight is 419 g/mol. The molecule has 1 saturated carbocycles. The zero-order chi connectivity index (χ0) is 20.7. The maximum absolute atomic E-state index is 15.0. The fourth-order valence-corrected chi connectivity index (χ4v) is 3.66. The van der Waals surface area contributed by atoms with Crippen molar-refractivity contribution in [2.24, 2.45) is 5.10 Å². The molecule has 30 heavy (non-hydrogen) atoms. The van der Waals surface area contributed by atoms with Crippen LogP contribution in [0.2, 0.25) is 5.02 Å². The van der Waals surface area contributed by atoms with E-state index in [0.29, 0.717) is 34.7 Å². The lowest BCUT2D eigenvalue weighted by molar-refractivity contribution is 0.412. The van der Waals surface area contributed by atoms with Crippen molar-refractivity contribution in [1.29, 1.82) is 0 Å². The van der Waals surface area contributed by atoms with Crippen molar-refractivity contribution < 1.29 is 4.39 Å². The van der Waals surface area contributed by atoms with Gasteiger partial charge in [0, 0.05) is 22.2 Å². The highest BCUT2D eigenvalue weighted by molar-refractivity contribution is 6.30. The summed E-state index contributed by atoms with van der Waals surface area (Å²) in [6, 6.07) is 19.4. The maximum atomic E-state index is 15.0. The molecule has 1 aromatic heterocycles. The number of fused-ring (bicyclic) bond motifs is 1. The molecular weight excluding hydrogens is 399 g/mol. The van der Waals surface area contributed by atoms with E-state index in [0.717, 1.165) is 35.2 Å². The summed E-state index contributed by atoms with van der Waals surface area (Å²) in [4.78, 5) is 4.12. The summed E-state index contributed by atoms with van der Waals surface area (Å²) >= 11 is 6.01. The maximum Gasteiger partial charge on any atom is 0.224 e. The van der Waals surface area contributed by atoms with Gasteiger partial charge in [-0.3, -0.25) is 5.01 Å². The highest BCUT2D eigenvalue weighted by atomic mass is 35.5. The first kappa shape index (κ1) is 18.8. The average Bonchev–Trinajstić information content (AvgIpc) is 3.56. The molecule has 1 fully saturated rings.